The average Bonchev–Trinajstić information content (AvgIpc) is 1.93. The molecule has 0 aliphatic rings. The highest BCUT2D eigenvalue weighted by Crippen LogP contribution is 2.07. The molecule has 2 nitrogen and oxygen atoms in total. The van der Waals surface area contributed by atoms with Gasteiger partial charge in [-0.3, -0.25) is 0 Å². The fourth-order valence-corrected chi connectivity index (χ4v) is 0.898. The molecule has 0 spiro atoms. The van der Waals surface area contributed by atoms with E-state index >= 15 is 0 Å². The van der Waals surface area contributed by atoms with Crippen molar-refractivity contribution in [1.82, 2.24) is 0 Å². The lowest BCUT2D eigenvalue weighted by atomic mass is 10.1. The minimum atomic E-state index is 0.676. The van der Waals surface area contributed by atoms with Crippen LogP contribution in [0.15, 0.2) is 36.5 Å². The molecule has 0 aliphatic carbocycles. The van der Waals surface area contributed by atoms with Gasteiger partial charge in [-0.1, -0.05) is 18.7 Å². The third-order valence-electron chi connectivity index (χ3n) is 1.41. The Morgan fingerprint density at radius 2 is 1.82 bits per heavy atom. The smallest absolute Gasteiger partial charge is 0.0314 e. The lowest BCUT2D eigenvalue weighted by molar-refractivity contribution is 1.12. The summed E-state index contributed by atoms with van der Waals surface area (Å²) in [6.45, 7) is 3.62. The Labute approximate surface area is 66.5 Å². The highest BCUT2D eigenvalue weighted by atomic mass is 14.6. The summed E-state index contributed by atoms with van der Waals surface area (Å²) in [5, 5.41) is 0. The molecule has 1 rings (SSSR count). The minimum absolute atomic E-state index is 0.676. The monoisotopic (exact) mass is 148 g/mol. The number of nitrogen functional groups attached to an aromatic ring is 1. The largest absolute Gasteiger partial charge is 0.402 e. The van der Waals surface area contributed by atoms with Gasteiger partial charge in [0.2, 0.25) is 0 Å². The van der Waals surface area contributed by atoms with E-state index in [0.29, 0.717) is 5.70 Å². The van der Waals surface area contributed by atoms with E-state index < -0.39 is 0 Å². The molecule has 0 saturated heterocycles. The number of hydrogen-bond acceptors (Lipinski definition) is 2. The molecular formula is C9H12N2. The van der Waals surface area contributed by atoms with Crippen LogP contribution >= 0.6 is 0 Å². The van der Waals surface area contributed by atoms with Crippen LogP contribution in [-0.4, -0.2) is 0 Å². The van der Waals surface area contributed by atoms with Crippen LogP contribution in [0, 0.1) is 0 Å². The normalized spacial score (nSPS) is 9.45. The summed E-state index contributed by atoms with van der Waals surface area (Å²) in [6.07, 6.45) is 0.722. The molecule has 58 valence electrons. The van der Waals surface area contributed by atoms with Gasteiger partial charge < -0.3 is 11.5 Å². The van der Waals surface area contributed by atoms with Gasteiger partial charge in [-0.15, -0.1) is 0 Å². The zero-order valence-electron chi connectivity index (χ0n) is 6.38. The van der Waals surface area contributed by atoms with Crippen molar-refractivity contribution in [1.29, 1.82) is 0 Å². The molecule has 1 aromatic rings. The molecule has 0 saturated carbocycles. The number of anilines is 1. The zero-order valence-corrected chi connectivity index (χ0v) is 6.38. The predicted molar refractivity (Wildman–Crippen MR) is 47.9 cm³/mol. The summed E-state index contributed by atoms with van der Waals surface area (Å²) in [5.41, 5.74) is 13.5. The topological polar surface area (TPSA) is 52.0 Å². The van der Waals surface area contributed by atoms with Crippen molar-refractivity contribution < 1.29 is 0 Å². The van der Waals surface area contributed by atoms with Gasteiger partial charge in [0.15, 0.2) is 0 Å². The molecule has 2 heteroatoms. The number of nitrogens with two attached hydrogens (primary N) is 2. The van der Waals surface area contributed by atoms with E-state index in [-0.39, 0.29) is 0 Å². The molecule has 0 heterocycles. The first-order valence-corrected chi connectivity index (χ1v) is 3.46. The zero-order chi connectivity index (χ0) is 8.27. The van der Waals surface area contributed by atoms with Gasteiger partial charge in [0, 0.05) is 17.8 Å². The average molecular weight is 148 g/mol. The van der Waals surface area contributed by atoms with Crippen LogP contribution in [0.4, 0.5) is 5.69 Å². The van der Waals surface area contributed by atoms with Crippen molar-refractivity contribution in [3.05, 3.63) is 42.1 Å². The Hall–Kier alpha value is -1.44. The van der Waals surface area contributed by atoms with E-state index in [0.717, 1.165) is 17.7 Å². The van der Waals surface area contributed by atoms with Crippen LogP contribution in [0.2, 0.25) is 0 Å². The Morgan fingerprint density at radius 1 is 1.27 bits per heavy atom. The number of allylic oxidation sites excluding steroid dienone is 1. The number of rotatable bonds is 2. The first-order chi connectivity index (χ1) is 5.18. The Balaban J connectivity index is 2.74. The second-order valence-corrected chi connectivity index (χ2v) is 2.58. The molecule has 0 unspecified atom stereocenters. The molecule has 0 aliphatic heterocycles. The van der Waals surface area contributed by atoms with Gasteiger partial charge in [0.1, 0.15) is 0 Å². The molecule has 4 N–H and O–H groups in total. The van der Waals surface area contributed by atoms with Crippen molar-refractivity contribution in [2.45, 2.75) is 6.42 Å². The maximum atomic E-state index is 5.50. The summed E-state index contributed by atoms with van der Waals surface area (Å²) in [4.78, 5) is 0. The minimum Gasteiger partial charge on any atom is -0.402 e. The molecule has 0 atom stereocenters. The molecular weight excluding hydrogens is 136 g/mol. The molecule has 1 aromatic carbocycles. The lowest BCUT2D eigenvalue weighted by Crippen LogP contribution is -1.98. The van der Waals surface area contributed by atoms with E-state index in [1.165, 1.54) is 0 Å². The van der Waals surface area contributed by atoms with Gasteiger partial charge in [-0.2, -0.15) is 0 Å². The van der Waals surface area contributed by atoms with Crippen LogP contribution in [0.1, 0.15) is 5.56 Å². The number of benzene rings is 1. The molecule has 0 amide bonds. The van der Waals surface area contributed by atoms with Gasteiger partial charge >= 0.3 is 0 Å². The third kappa shape index (κ3) is 2.34. The fourth-order valence-electron chi connectivity index (χ4n) is 0.898. The highest BCUT2D eigenvalue weighted by Gasteiger charge is 1.91. The van der Waals surface area contributed by atoms with Crippen molar-refractivity contribution in [3.63, 3.8) is 0 Å². The van der Waals surface area contributed by atoms with Crippen LogP contribution in [-0.2, 0) is 6.42 Å². The van der Waals surface area contributed by atoms with Crippen molar-refractivity contribution in [2.24, 2.45) is 5.73 Å². The van der Waals surface area contributed by atoms with Crippen molar-refractivity contribution in [2.75, 3.05) is 5.73 Å². The van der Waals surface area contributed by atoms with Gasteiger partial charge in [0.05, 0.1) is 0 Å². The van der Waals surface area contributed by atoms with Crippen molar-refractivity contribution in [3.8, 4) is 0 Å². The maximum Gasteiger partial charge on any atom is 0.0314 e. The lowest BCUT2D eigenvalue weighted by Gasteiger charge is -1.99. The van der Waals surface area contributed by atoms with E-state index in [1.54, 1.807) is 0 Å². The SMILES string of the molecule is C=C(N)Cc1ccc(N)cc1. The van der Waals surface area contributed by atoms with Crippen LogP contribution in [0.5, 0.6) is 0 Å². The first kappa shape index (κ1) is 7.66. The fraction of sp³-hybridized carbons (Fsp3) is 0.111. The van der Waals surface area contributed by atoms with Gasteiger partial charge in [-0.25, -0.2) is 0 Å². The molecule has 0 radical (unpaired) electrons. The molecule has 11 heavy (non-hydrogen) atoms. The standard InChI is InChI=1S/C9H12N2/c1-7(10)6-8-2-4-9(11)5-3-8/h2-5H,1,6,10-11H2. The van der Waals surface area contributed by atoms with E-state index in [4.69, 9.17) is 11.5 Å². The van der Waals surface area contributed by atoms with Crippen LogP contribution < -0.4 is 11.5 Å². The summed E-state index contributed by atoms with van der Waals surface area (Å²) in [5.74, 6) is 0. The van der Waals surface area contributed by atoms with Gasteiger partial charge in [0.25, 0.3) is 0 Å². The molecule has 0 aromatic heterocycles. The van der Waals surface area contributed by atoms with E-state index in [2.05, 4.69) is 6.58 Å². The van der Waals surface area contributed by atoms with Gasteiger partial charge in [-0.05, 0) is 17.7 Å². The second-order valence-electron chi connectivity index (χ2n) is 2.58. The Kier molecular flexibility index (Phi) is 2.16. The second kappa shape index (κ2) is 3.10. The Morgan fingerprint density at radius 3 is 2.27 bits per heavy atom. The van der Waals surface area contributed by atoms with E-state index in [9.17, 15) is 0 Å². The molecule has 0 bridgehead atoms. The number of hydrogen-bond donors (Lipinski definition) is 2. The summed E-state index contributed by atoms with van der Waals surface area (Å²) in [7, 11) is 0. The maximum absolute atomic E-state index is 5.50. The Bertz CT molecular complexity index is 249. The van der Waals surface area contributed by atoms with Crippen molar-refractivity contribution >= 4 is 5.69 Å². The highest BCUT2D eigenvalue weighted by molar-refractivity contribution is 5.39. The predicted octanol–water partition coefficient (Wildman–Crippen LogP) is 1.28. The third-order valence-corrected chi connectivity index (χ3v) is 1.41. The first-order valence-electron chi connectivity index (χ1n) is 3.46. The van der Waals surface area contributed by atoms with Crippen LogP contribution in [0.25, 0.3) is 0 Å². The quantitative estimate of drug-likeness (QED) is 0.621. The summed E-state index contributed by atoms with van der Waals surface area (Å²) < 4.78 is 0. The summed E-state index contributed by atoms with van der Waals surface area (Å²) in [6, 6.07) is 7.62. The molecule has 0 fully saturated rings. The summed E-state index contributed by atoms with van der Waals surface area (Å²) >= 11 is 0. The van der Waals surface area contributed by atoms with Crippen LogP contribution in [0.3, 0.4) is 0 Å². The van der Waals surface area contributed by atoms with E-state index in [1.807, 2.05) is 24.3 Å².